The number of rotatable bonds is 6. The number of ether oxygens (including phenoxy) is 1. The fraction of sp³-hybridized carbons (Fsp3) is 0.444. The Bertz CT molecular complexity index is 718. The van der Waals surface area contributed by atoms with Crippen molar-refractivity contribution in [2.45, 2.75) is 26.3 Å². The van der Waals surface area contributed by atoms with Gasteiger partial charge >= 0.3 is 6.03 Å². The molecule has 0 atom stereocenters. The monoisotopic (exact) mass is 379 g/mol. The van der Waals surface area contributed by atoms with Crippen molar-refractivity contribution < 1.29 is 9.53 Å². The van der Waals surface area contributed by atoms with Crippen LogP contribution in [-0.4, -0.2) is 41.5 Å². The lowest BCUT2D eigenvalue weighted by atomic mass is 10.2. The Balaban J connectivity index is 1.68. The molecule has 3 rings (SSSR count). The predicted molar refractivity (Wildman–Crippen MR) is 102 cm³/mol. The zero-order valence-corrected chi connectivity index (χ0v) is 15.8. The molecule has 134 valence electrons. The second kappa shape index (κ2) is 8.54. The fourth-order valence-electron chi connectivity index (χ4n) is 2.69. The number of halogens is 1. The van der Waals surface area contributed by atoms with Crippen molar-refractivity contribution in [2.24, 2.45) is 0 Å². The molecule has 0 saturated heterocycles. The molecule has 1 aliphatic heterocycles. The zero-order valence-electron chi connectivity index (χ0n) is 14.3. The van der Waals surface area contributed by atoms with E-state index < -0.39 is 0 Å². The highest BCUT2D eigenvalue weighted by atomic mass is 35.5. The highest BCUT2D eigenvalue weighted by Crippen LogP contribution is 2.32. The van der Waals surface area contributed by atoms with E-state index in [-0.39, 0.29) is 6.03 Å². The minimum Gasteiger partial charge on any atom is -0.494 e. The van der Waals surface area contributed by atoms with E-state index in [4.69, 9.17) is 21.3 Å². The molecule has 0 unspecified atom stereocenters. The summed E-state index contributed by atoms with van der Waals surface area (Å²) in [7, 11) is 0. The molecular formula is C18H22ClN3O2S. The van der Waals surface area contributed by atoms with E-state index in [1.807, 2.05) is 36.1 Å². The van der Waals surface area contributed by atoms with Crippen LogP contribution in [0.2, 0.25) is 0 Å². The van der Waals surface area contributed by atoms with E-state index >= 15 is 0 Å². The van der Waals surface area contributed by atoms with Gasteiger partial charge in [0.1, 0.15) is 10.8 Å². The average molecular weight is 380 g/mol. The maximum atomic E-state index is 12.0. The quantitative estimate of drug-likeness (QED) is 0.611. The number of carbonyl (C=O) groups is 1. The Hall–Kier alpha value is -1.79. The Morgan fingerprint density at radius 1 is 1.40 bits per heavy atom. The summed E-state index contributed by atoms with van der Waals surface area (Å²) >= 11 is 7.32. The van der Waals surface area contributed by atoms with Crippen LogP contribution in [0, 0.1) is 0 Å². The third-order valence-electron chi connectivity index (χ3n) is 3.99. The maximum Gasteiger partial charge on any atom is 0.317 e. The number of hydrogen-bond donors (Lipinski definition) is 1. The number of carbonyl (C=O) groups excluding carboxylic acids is 1. The summed E-state index contributed by atoms with van der Waals surface area (Å²) in [6.45, 7) is 4.56. The van der Waals surface area contributed by atoms with Crippen LogP contribution in [0.1, 0.15) is 23.9 Å². The van der Waals surface area contributed by atoms with E-state index in [9.17, 15) is 4.79 Å². The first kappa shape index (κ1) is 18.0. The number of nitrogens with zero attached hydrogens (tertiary/aromatic N) is 2. The topological polar surface area (TPSA) is 54.5 Å². The van der Waals surface area contributed by atoms with Crippen LogP contribution in [0.25, 0.3) is 10.6 Å². The van der Waals surface area contributed by atoms with E-state index in [1.54, 1.807) is 11.3 Å². The highest BCUT2D eigenvalue weighted by molar-refractivity contribution is 7.15. The third-order valence-corrected chi connectivity index (χ3v) is 5.39. The first-order valence-electron chi connectivity index (χ1n) is 8.51. The van der Waals surface area contributed by atoms with Gasteiger partial charge in [-0.2, -0.15) is 0 Å². The lowest BCUT2D eigenvalue weighted by Crippen LogP contribution is -2.42. The molecule has 1 aliphatic rings. The van der Waals surface area contributed by atoms with Gasteiger partial charge in [0.15, 0.2) is 0 Å². The molecule has 1 N–H and O–H groups in total. The van der Waals surface area contributed by atoms with Gasteiger partial charge in [-0.15, -0.1) is 22.9 Å². The van der Waals surface area contributed by atoms with E-state index in [1.165, 1.54) is 4.88 Å². The molecule has 0 bridgehead atoms. The number of aromatic nitrogens is 1. The molecule has 0 spiro atoms. The van der Waals surface area contributed by atoms with Crippen LogP contribution >= 0.6 is 22.9 Å². The summed E-state index contributed by atoms with van der Waals surface area (Å²) < 4.78 is 5.63. The van der Waals surface area contributed by atoms with E-state index in [0.717, 1.165) is 41.4 Å². The molecule has 1 aromatic heterocycles. The lowest BCUT2D eigenvalue weighted by Gasteiger charge is -2.25. The van der Waals surface area contributed by atoms with Crippen molar-refractivity contribution in [1.82, 2.24) is 15.2 Å². The number of fused-ring (bicyclic) bond motifs is 1. The van der Waals surface area contributed by atoms with Crippen molar-refractivity contribution >= 4 is 29.0 Å². The van der Waals surface area contributed by atoms with E-state index in [0.29, 0.717) is 25.6 Å². The van der Waals surface area contributed by atoms with Crippen molar-refractivity contribution in [3.8, 4) is 16.3 Å². The molecular weight excluding hydrogens is 358 g/mol. The van der Waals surface area contributed by atoms with Gasteiger partial charge in [0.2, 0.25) is 0 Å². The number of urea groups is 1. The molecule has 0 radical (unpaired) electrons. The molecule has 0 fully saturated rings. The second-order valence-corrected chi connectivity index (χ2v) is 7.27. The number of thiazole rings is 1. The van der Waals surface area contributed by atoms with Gasteiger partial charge in [0, 0.05) is 35.8 Å². The summed E-state index contributed by atoms with van der Waals surface area (Å²) in [6, 6.07) is 7.99. The van der Waals surface area contributed by atoms with Crippen LogP contribution in [0.3, 0.4) is 0 Å². The van der Waals surface area contributed by atoms with Crippen molar-refractivity contribution in [1.29, 1.82) is 0 Å². The number of hydrogen-bond acceptors (Lipinski definition) is 4. The molecule has 25 heavy (non-hydrogen) atoms. The van der Waals surface area contributed by atoms with Crippen molar-refractivity contribution in [3.05, 3.63) is 34.8 Å². The fourth-order valence-corrected chi connectivity index (χ4v) is 3.93. The first-order valence-corrected chi connectivity index (χ1v) is 9.87. The molecule has 2 aromatic rings. The van der Waals surface area contributed by atoms with Crippen molar-refractivity contribution in [3.63, 3.8) is 0 Å². The van der Waals surface area contributed by atoms with Gasteiger partial charge in [-0.05, 0) is 37.6 Å². The number of benzene rings is 1. The minimum absolute atomic E-state index is 0.00143. The Morgan fingerprint density at radius 2 is 2.20 bits per heavy atom. The molecule has 0 saturated carbocycles. The van der Waals surface area contributed by atoms with Crippen LogP contribution in [-0.2, 0) is 13.0 Å². The maximum absolute atomic E-state index is 12.0. The van der Waals surface area contributed by atoms with Gasteiger partial charge in [-0.3, -0.25) is 0 Å². The van der Waals surface area contributed by atoms with Crippen molar-refractivity contribution in [2.75, 3.05) is 25.6 Å². The Morgan fingerprint density at radius 3 is 2.92 bits per heavy atom. The highest BCUT2D eigenvalue weighted by Gasteiger charge is 2.24. The van der Waals surface area contributed by atoms with Gasteiger partial charge in [0.25, 0.3) is 0 Å². The normalized spacial score (nSPS) is 13.4. The van der Waals surface area contributed by atoms with Gasteiger partial charge in [0.05, 0.1) is 18.8 Å². The SMILES string of the molecule is CCNC(=O)N1CCc2nc(-c3ccc(OCCCCl)cc3)sc2C1. The minimum atomic E-state index is 0.00143. The number of amides is 2. The average Bonchev–Trinajstić information content (AvgIpc) is 3.06. The summed E-state index contributed by atoms with van der Waals surface area (Å²) in [4.78, 5) is 19.8. The second-order valence-electron chi connectivity index (χ2n) is 5.81. The summed E-state index contributed by atoms with van der Waals surface area (Å²) in [5, 5.41) is 3.86. The van der Waals surface area contributed by atoms with E-state index in [2.05, 4.69) is 5.32 Å². The van der Waals surface area contributed by atoms with Gasteiger partial charge < -0.3 is 15.0 Å². The predicted octanol–water partition coefficient (Wildman–Crippen LogP) is 3.91. The number of alkyl halides is 1. The molecule has 2 heterocycles. The lowest BCUT2D eigenvalue weighted by molar-refractivity contribution is 0.193. The standard InChI is InChI=1S/C18H22ClN3O2S/c1-2-20-18(23)22-10-8-15-16(12-22)25-17(21-15)13-4-6-14(7-5-13)24-11-3-9-19/h4-7H,2-3,8-12H2,1H3,(H,20,23). The molecule has 7 heteroatoms. The van der Waals surface area contributed by atoms with Crippen LogP contribution in [0.4, 0.5) is 4.79 Å². The van der Waals surface area contributed by atoms with Crippen LogP contribution in [0.15, 0.2) is 24.3 Å². The Kier molecular flexibility index (Phi) is 6.15. The Labute approximate surface area is 157 Å². The molecule has 2 amide bonds. The summed E-state index contributed by atoms with van der Waals surface area (Å²) in [5.41, 5.74) is 2.19. The van der Waals surface area contributed by atoms with Gasteiger partial charge in [-0.25, -0.2) is 9.78 Å². The van der Waals surface area contributed by atoms with Gasteiger partial charge in [-0.1, -0.05) is 0 Å². The molecule has 1 aromatic carbocycles. The zero-order chi connectivity index (χ0) is 17.6. The van der Waals surface area contributed by atoms with Crippen LogP contribution < -0.4 is 10.1 Å². The first-order chi connectivity index (χ1) is 12.2. The summed E-state index contributed by atoms with van der Waals surface area (Å²) in [6.07, 6.45) is 1.65. The molecule has 0 aliphatic carbocycles. The summed E-state index contributed by atoms with van der Waals surface area (Å²) in [5.74, 6) is 1.45. The largest absolute Gasteiger partial charge is 0.494 e. The third kappa shape index (κ3) is 4.44. The molecule has 5 nitrogen and oxygen atoms in total. The smallest absolute Gasteiger partial charge is 0.317 e. The number of nitrogens with one attached hydrogen (secondary N) is 1. The van der Waals surface area contributed by atoms with Crippen LogP contribution in [0.5, 0.6) is 5.75 Å².